The van der Waals surface area contributed by atoms with Crippen molar-refractivity contribution in [3.63, 3.8) is 0 Å². The highest BCUT2D eigenvalue weighted by Gasteiger charge is 2.17. The molecule has 3 aromatic rings. The van der Waals surface area contributed by atoms with E-state index < -0.39 is 0 Å². The second-order valence-corrected chi connectivity index (χ2v) is 7.22. The number of amides is 1. The van der Waals surface area contributed by atoms with E-state index >= 15 is 0 Å². The molecule has 3 rings (SSSR count). The average molecular weight is 392 g/mol. The van der Waals surface area contributed by atoms with E-state index in [9.17, 15) is 4.79 Å². The minimum absolute atomic E-state index is 0.0586. The quantitative estimate of drug-likeness (QED) is 0.521. The summed E-state index contributed by atoms with van der Waals surface area (Å²) in [4.78, 5) is 16.8. The molecule has 152 valence electrons. The van der Waals surface area contributed by atoms with Gasteiger partial charge in [0, 0.05) is 13.1 Å². The van der Waals surface area contributed by atoms with E-state index in [0.29, 0.717) is 32.8 Å². The van der Waals surface area contributed by atoms with Gasteiger partial charge in [0.05, 0.1) is 19.4 Å². The molecule has 0 spiro atoms. The van der Waals surface area contributed by atoms with E-state index in [1.54, 1.807) is 6.26 Å². The number of nitrogens with zero attached hydrogens (tertiary/aromatic N) is 2. The van der Waals surface area contributed by atoms with Gasteiger partial charge in [-0.2, -0.15) is 0 Å². The number of hydrogen-bond donors (Lipinski definition) is 0. The minimum atomic E-state index is 0.0586. The lowest BCUT2D eigenvalue weighted by Gasteiger charge is -2.25. The molecule has 0 saturated heterocycles. The van der Waals surface area contributed by atoms with Crippen LogP contribution in [0.1, 0.15) is 16.9 Å². The highest BCUT2D eigenvalue weighted by Crippen LogP contribution is 2.13. The van der Waals surface area contributed by atoms with E-state index in [2.05, 4.69) is 0 Å². The Kier molecular flexibility index (Phi) is 7.47. The first-order valence-corrected chi connectivity index (χ1v) is 9.82. The number of hydrogen-bond acceptors (Lipinski definition) is 4. The summed E-state index contributed by atoms with van der Waals surface area (Å²) in [6, 6.07) is 21.7. The topological polar surface area (TPSA) is 45.9 Å². The Labute approximate surface area is 172 Å². The van der Waals surface area contributed by atoms with E-state index in [4.69, 9.17) is 9.15 Å². The van der Waals surface area contributed by atoms with Crippen molar-refractivity contribution < 1.29 is 13.9 Å². The van der Waals surface area contributed by atoms with Crippen molar-refractivity contribution in [3.8, 4) is 5.75 Å². The lowest BCUT2D eigenvalue weighted by molar-refractivity contribution is -0.133. The zero-order valence-electron chi connectivity index (χ0n) is 17.1. The van der Waals surface area contributed by atoms with Gasteiger partial charge in [0.1, 0.15) is 18.1 Å². The zero-order valence-corrected chi connectivity index (χ0v) is 17.1. The van der Waals surface area contributed by atoms with Crippen LogP contribution in [0.4, 0.5) is 0 Å². The summed E-state index contributed by atoms with van der Waals surface area (Å²) in [6.45, 7) is 4.56. The molecule has 0 atom stereocenters. The fraction of sp³-hybridized carbons (Fsp3) is 0.292. The maximum absolute atomic E-state index is 13.0. The van der Waals surface area contributed by atoms with E-state index in [1.165, 1.54) is 5.56 Å². The molecule has 1 aromatic heterocycles. The summed E-state index contributed by atoms with van der Waals surface area (Å²) in [6.07, 6.45) is 1.63. The third kappa shape index (κ3) is 6.80. The van der Waals surface area contributed by atoms with Gasteiger partial charge in [-0.3, -0.25) is 9.69 Å². The Bertz CT molecular complexity index is 878. The summed E-state index contributed by atoms with van der Waals surface area (Å²) in [7, 11) is 1.94. The van der Waals surface area contributed by atoms with Crippen molar-refractivity contribution in [2.24, 2.45) is 0 Å². The first-order chi connectivity index (χ1) is 14.1. The van der Waals surface area contributed by atoms with Crippen molar-refractivity contribution in [2.75, 3.05) is 26.7 Å². The van der Waals surface area contributed by atoms with Crippen LogP contribution in [-0.2, 0) is 17.9 Å². The maximum Gasteiger partial charge on any atom is 0.237 e. The molecular weight excluding hydrogens is 364 g/mol. The fourth-order valence-corrected chi connectivity index (χ4v) is 3.06. The number of rotatable bonds is 10. The van der Waals surface area contributed by atoms with Crippen LogP contribution in [0.25, 0.3) is 0 Å². The lowest BCUT2D eigenvalue weighted by atomic mass is 10.2. The Morgan fingerprint density at radius 1 is 1.00 bits per heavy atom. The lowest BCUT2D eigenvalue weighted by Crippen LogP contribution is -2.39. The Morgan fingerprint density at radius 2 is 1.83 bits per heavy atom. The largest absolute Gasteiger partial charge is 0.492 e. The summed E-state index contributed by atoms with van der Waals surface area (Å²) < 4.78 is 11.3. The predicted octanol–water partition coefficient (Wildman–Crippen LogP) is 4.13. The fourth-order valence-electron chi connectivity index (χ4n) is 3.06. The van der Waals surface area contributed by atoms with Crippen LogP contribution >= 0.6 is 0 Å². The van der Waals surface area contributed by atoms with Crippen molar-refractivity contribution in [1.29, 1.82) is 0 Å². The number of carbonyl (C=O) groups is 1. The van der Waals surface area contributed by atoms with E-state index in [0.717, 1.165) is 17.1 Å². The van der Waals surface area contributed by atoms with Crippen LogP contribution in [0.2, 0.25) is 0 Å². The number of ether oxygens (including phenoxy) is 1. The first kappa shape index (κ1) is 20.7. The van der Waals surface area contributed by atoms with Crippen LogP contribution in [0.15, 0.2) is 77.4 Å². The Morgan fingerprint density at radius 3 is 2.55 bits per heavy atom. The Hall–Kier alpha value is -3.05. The van der Waals surface area contributed by atoms with Gasteiger partial charge in [0.25, 0.3) is 0 Å². The maximum atomic E-state index is 13.0. The number of aryl methyl sites for hydroxylation is 1. The van der Waals surface area contributed by atoms with Gasteiger partial charge in [0.2, 0.25) is 5.91 Å². The molecule has 0 radical (unpaired) electrons. The molecule has 5 nitrogen and oxygen atoms in total. The molecule has 0 unspecified atom stereocenters. The standard InChI is InChI=1S/C24H28N2O3/c1-20-8-6-11-22(16-20)29-15-13-25(2)19-24(27)26(18-23-12-7-14-28-23)17-21-9-4-3-5-10-21/h3-12,14,16H,13,15,17-19H2,1-2H3. The van der Waals surface area contributed by atoms with Crippen molar-refractivity contribution in [1.82, 2.24) is 9.80 Å². The normalized spacial score (nSPS) is 10.9. The second kappa shape index (κ2) is 10.5. The molecule has 2 aromatic carbocycles. The first-order valence-electron chi connectivity index (χ1n) is 9.82. The molecule has 1 heterocycles. The van der Waals surface area contributed by atoms with Gasteiger partial charge < -0.3 is 14.1 Å². The SMILES string of the molecule is Cc1cccc(OCCN(C)CC(=O)N(Cc2ccccc2)Cc2ccco2)c1. The summed E-state index contributed by atoms with van der Waals surface area (Å²) in [5, 5.41) is 0. The van der Waals surface area contributed by atoms with Gasteiger partial charge in [-0.1, -0.05) is 42.5 Å². The van der Waals surface area contributed by atoms with Crippen LogP contribution in [0.5, 0.6) is 5.75 Å². The molecule has 0 aliphatic carbocycles. The third-order valence-corrected chi connectivity index (χ3v) is 4.63. The molecule has 0 bridgehead atoms. The molecule has 29 heavy (non-hydrogen) atoms. The molecule has 5 heteroatoms. The van der Waals surface area contributed by atoms with Gasteiger partial charge in [0.15, 0.2) is 0 Å². The molecular formula is C24H28N2O3. The van der Waals surface area contributed by atoms with Crippen molar-refractivity contribution in [3.05, 3.63) is 89.9 Å². The number of benzene rings is 2. The molecule has 1 amide bonds. The van der Waals surface area contributed by atoms with E-state index in [-0.39, 0.29) is 5.91 Å². The Balaban J connectivity index is 1.53. The van der Waals surface area contributed by atoms with Crippen LogP contribution in [0.3, 0.4) is 0 Å². The summed E-state index contributed by atoms with van der Waals surface area (Å²) in [5.41, 5.74) is 2.26. The highest BCUT2D eigenvalue weighted by atomic mass is 16.5. The summed E-state index contributed by atoms with van der Waals surface area (Å²) in [5.74, 6) is 1.69. The van der Waals surface area contributed by atoms with Gasteiger partial charge in [-0.25, -0.2) is 0 Å². The number of likely N-dealkylation sites (N-methyl/N-ethyl adjacent to an activating group) is 1. The van der Waals surface area contributed by atoms with Gasteiger partial charge in [-0.15, -0.1) is 0 Å². The zero-order chi connectivity index (χ0) is 20.5. The molecule has 0 fully saturated rings. The number of carbonyl (C=O) groups excluding carboxylic acids is 1. The van der Waals surface area contributed by atoms with Crippen LogP contribution < -0.4 is 4.74 Å². The minimum Gasteiger partial charge on any atom is -0.492 e. The third-order valence-electron chi connectivity index (χ3n) is 4.63. The second-order valence-electron chi connectivity index (χ2n) is 7.22. The molecule has 0 N–H and O–H groups in total. The van der Waals surface area contributed by atoms with Crippen LogP contribution in [0, 0.1) is 6.92 Å². The van der Waals surface area contributed by atoms with E-state index in [1.807, 2.05) is 90.5 Å². The number of furan rings is 1. The predicted molar refractivity (Wildman–Crippen MR) is 114 cm³/mol. The van der Waals surface area contributed by atoms with Crippen molar-refractivity contribution in [2.45, 2.75) is 20.0 Å². The highest BCUT2D eigenvalue weighted by molar-refractivity contribution is 5.78. The average Bonchev–Trinajstić information content (AvgIpc) is 3.21. The molecule has 0 aliphatic rings. The smallest absolute Gasteiger partial charge is 0.237 e. The monoisotopic (exact) mass is 392 g/mol. The molecule has 0 aliphatic heterocycles. The van der Waals surface area contributed by atoms with Gasteiger partial charge >= 0.3 is 0 Å². The van der Waals surface area contributed by atoms with Crippen molar-refractivity contribution >= 4 is 5.91 Å². The van der Waals surface area contributed by atoms with Gasteiger partial charge in [-0.05, 0) is 49.4 Å². The summed E-state index contributed by atoms with van der Waals surface area (Å²) >= 11 is 0. The van der Waals surface area contributed by atoms with Crippen LogP contribution in [-0.4, -0.2) is 42.5 Å². The molecule has 0 saturated carbocycles.